The lowest BCUT2D eigenvalue weighted by atomic mass is 10.2. The van der Waals surface area contributed by atoms with E-state index in [0.29, 0.717) is 17.2 Å². The number of hydrogen-bond donors (Lipinski definition) is 1. The van der Waals surface area contributed by atoms with Crippen LogP contribution in [0.15, 0.2) is 22.9 Å². The van der Waals surface area contributed by atoms with E-state index in [4.69, 9.17) is 0 Å². The molecule has 0 saturated carbocycles. The Morgan fingerprint density at radius 1 is 1.19 bits per heavy atom. The highest BCUT2D eigenvalue weighted by Crippen LogP contribution is 2.20. The molecule has 0 unspecified atom stereocenters. The van der Waals surface area contributed by atoms with Crippen LogP contribution >= 0.6 is 15.9 Å². The molecule has 0 bridgehead atoms. The predicted molar refractivity (Wildman–Crippen MR) is 85.7 cm³/mol. The lowest BCUT2D eigenvalue weighted by Gasteiger charge is -2.15. The van der Waals surface area contributed by atoms with E-state index in [1.807, 2.05) is 32.8 Å². The number of aryl methyl sites for hydroxylation is 2. The van der Waals surface area contributed by atoms with Gasteiger partial charge < -0.3 is 10.2 Å². The molecule has 0 fully saturated rings. The second-order valence-corrected chi connectivity index (χ2v) is 5.73. The zero-order valence-electron chi connectivity index (χ0n) is 12.3. The Kier molecular flexibility index (Phi) is 4.52. The summed E-state index contributed by atoms with van der Waals surface area (Å²) in [4.78, 5) is 26.8. The number of aromatic nitrogens is 3. The van der Waals surface area contributed by atoms with Crippen molar-refractivity contribution >= 4 is 33.5 Å². The number of amides is 1. The lowest BCUT2D eigenvalue weighted by Crippen LogP contribution is -2.18. The van der Waals surface area contributed by atoms with E-state index in [1.165, 1.54) is 6.20 Å². The largest absolute Gasteiger partial charge is 0.347 e. The Hall–Kier alpha value is -2.02. The first kappa shape index (κ1) is 15.4. The second kappa shape index (κ2) is 6.17. The molecule has 2 aromatic rings. The van der Waals surface area contributed by atoms with Gasteiger partial charge in [-0.25, -0.2) is 9.97 Å². The van der Waals surface area contributed by atoms with Crippen molar-refractivity contribution < 1.29 is 4.79 Å². The molecular weight excluding hydrogens is 334 g/mol. The summed E-state index contributed by atoms with van der Waals surface area (Å²) in [5.41, 5.74) is 2.55. The molecule has 2 rings (SSSR count). The van der Waals surface area contributed by atoms with Crippen molar-refractivity contribution in [3.8, 4) is 0 Å². The zero-order chi connectivity index (χ0) is 15.6. The molecule has 2 aromatic heterocycles. The lowest BCUT2D eigenvalue weighted by molar-refractivity contribution is 0.102. The number of halogens is 1. The van der Waals surface area contributed by atoms with Gasteiger partial charge in [0.1, 0.15) is 0 Å². The van der Waals surface area contributed by atoms with Gasteiger partial charge in [-0.15, -0.1) is 0 Å². The number of anilines is 2. The molecule has 110 valence electrons. The van der Waals surface area contributed by atoms with Crippen LogP contribution in [-0.2, 0) is 0 Å². The Labute approximate surface area is 131 Å². The highest BCUT2D eigenvalue weighted by Gasteiger charge is 2.14. The smallest absolute Gasteiger partial charge is 0.257 e. The number of carbonyl (C=O) groups excluding carboxylic acids is 1. The molecule has 0 atom stereocenters. The Balaban J connectivity index is 2.29. The minimum atomic E-state index is -0.240. The SMILES string of the molecule is Cc1nc(N(C)C)nc(C)c1NC(=O)c1cncc(Br)c1. The van der Waals surface area contributed by atoms with E-state index < -0.39 is 0 Å². The number of hydrogen-bond acceptors (Lipinski definition) is 5. The van der Waals surface area contributed by atoms with Crippen LogP contribution < -0.4 is 10.2 Å². The molecule has 1 amide bonds. The van der Waals surface area contributed by atoms with E-state index in [1.54, 1.807) is 12.3 Å². The summed E-state index contributed by atoms with van der Waals surface area (Å²) in [6.07, 6.45) is 3.14. The van der Waals surface area contributed by atoms with Crippen LogP contribution in [0, 0.1) is 13.8 Å². The van der Waals surface area contributed by atoms with Gasteiger partial charge in [0.25, 0.3) is 5.91 Å². The van der Waals surface area contributed by atoms with Crippen molar-refractivity contribution in [2.75, 3.05) is 24.3 Å². The summed E-state index contributed by atoms with van der Waals surface area (Å²) in [5, 5.41) is 2.84. The zero-order valence-corrected chi connectivity index (χ0v) is 13.9. The monoisotopic (exact) mass is 349 g/mol. The summed E-state index contributed by atoms with van der Waals surface area (Å²) in [7, 11) is 3.75. The average Bonchev–Trinajstić information content (AvgIpc) is 2.42. The number of nitrogens with zero attached hydrogens (tertiary/aromatic N) is 4. The van der Waals surface area contributed by atoms with Crippen molar-refractivity contribution in [3.05, 3.63) is 39.9 Å². The first-order chi connectivity index (χ1) is 9.88. The third-order valence-electron chi connectivity index (χ3n) is 2.86. The molecule has 0 radical (unpaired) electrons. The highest BCUT2D eigenvalue weighted by atomic mass is 79.9. The van der Waals surface area contributed by atoms with Crippen molar-refractivity contribution in [3.63, 3.8) is 0 Å². The van der Waals surface area contributed by atoms with Gasteiger partial charge in [0.05, 0.1) is 22.6 Å². The molecule has 21 heavy (non-hydrogen) atoms. The molecule has 0 aliphatic heterocycles. The molecule has 0 spiro atoms. The number of nitrogens with one attached hydrogen (secondary N) is 1. The quantitative estimate of drug-likeness (QED) is 0.921. The van der Waals surface area contributed by atoms with Crippen molar-refractivity contribution in [1.29, 1.82) is 0 Å². The Morgan fingerprint density at radius 2 is 1.81 bits per heavy atom. The fraction of sp³-hybridized carbons (Fsp3) is 0.286. The normalized spacial score (nSPS) is 10.3. The van der Waals surface area contributed by atoms with Crippen LogP contribution in [0.4, 0.5) is 11.6 Å². The number of pyridine rings is 1. The van der Waals surface area contributed by atoms with Crippen LogP contribution in [0.3, 0.4) is 0 Å². The van der Waals surface area contributed by atoms with Gasteiger partial charge in [-0.05, 0) is 35.8 Å². The fourth-order valence-electron chi connectivity index (χ4n) is 1.80. The van der Waals surface area contributed by atoms with Crippen LogP contribution in [0.2, 0.25) is 0 Å². The first-order valence-electron chi connectivity index (χ1n) is 6.33. The van der Waals surface area contributed by atoms with Gasteiger partial charge in [-0.3, -0.25) is 9.78 Å². The third-order valence-corrected chi connectivity index (χ3v) is 3.30. The van der Waals surface area contributed by atoms with E-state index in [9.17, 15) is 4.79 Å². The fourth-order valence-corrected chi connectivity index (χ4v) is 2.17. The van der Waals surface area contributed by atoms with E-state index >= 15 is 0 Å². The van der Waals surface area contributed by atoms with E-state index in [2.05, 4.69) is 36.2 Å². The van der Waals surface area contributed by atoms with Crippen LogP contribution in [0.1, 0.15) is 21.7 Å². The number of rotatable bonds is 3. The summed E-state index contributed by atoms with van der Waals surface area (Å²) in [6, 6.07) is 1.71. The van der Waals surface area contributed by atoms with Gasteiger partial charge >= 0.3 is 0 Å². The standard InChI is InChI=1S/C14H16BrN5O/c1-8-12(9(2)18-14(17-8)20(3)4)19-13(21)10-5-11(15)7-16-6-10/h5-7H,1-4H3,(H,19,21). The molecule has 0 aliphatic rings. The van der Waals surface area contributed by atoms with Gasteiger partial charge in [-0.2, -0.15) is 0 Å². The van der Waals surface area contributed by atoms with E-state index in [0.717, 1.165) is 15.9 Å². The van der Waals surface area contributed by atoms with Crippen molar-refractivity contribution in [2.45, 2.75) is 13.8 Å². The van der Waals surface area contributed by atoms with Gasteiger partial charge in [0, 0.05) is 31.0 Å². The Morgan fingerprint density at radius 3 is 2.33 bits per heavy atom. The summed E-state index contributed by atoms with van der Waals surface area (Å²) in [5.74, 6) is 0.378. The summed E-state index contributed by atoms with van der Waals surface area (Å²) in [6.45, 7) is 3.69. The molecule has 0 aliphatic carbocycles. The molecule has 7 heteroatoms. The van der Waals surface area contributed by atoms with Crippen LogP contribution in [-0.4, -0.2) is 35.0 Å². The minimum Gasteiger partial charge on any atom is -0.347 e. The topological polar surface area (TPSA) is 71.0 Å². The molecular formula is C14H16BrN5O. The highest BCUT2D eigenvalue weighted by molar-refractivity contribution is 9.10. The maximum atomic E-state index is 12.3. The molecule has 2 heterocycles. The Bertz CT molecular complexity index is 664. The van der Waals surface area contributed by atoms with Crippen LogP contribution in [0.25, 0.3) is 0 Å². The first-order valence-corrected chi connectivity index (χ1v) is 7.12. The average molecular weight is 350 g/mol. The van der Waals surface area contributed by atoms with Crippen molar-refractivity contribution in [1.82, 2.24) is 15.0 Å². The van der Waals surface area contributed by atoms with Gasteiger partial charge in [0.2, 0.25) is 5.95 Å². The maximum Gasteiger partial charge on any atom is 0.257 e. The summed E-state index contributed by atoms with van der Waals surface area (Å²) < 4.78 is 0.753. The second-order valence-electron chi connectivity index (χ2n) is 4.81. The molecule has 0 aromatic carbocycles. The third kappa shape index (κ3) is 3.55. The van der Waals surface area contributed by atoms with Crippen molar-refractivity contribution in [2.24, 2.45) is 0 Å². The van der Waals surface area contributed by atoms with E-state index in [-0.39, 0.29) is 5.91 Å². The minimum absolute atomic E-state index is 0.240. The van der Waals surface area contributed by atoms with Crippen LogP contribution in [0.5, 0.6) is 0 Å². The van der Waals surface area contributed by atoms with Gasteiger partial charge in [-0.1, -0.05) is 0 Å². The molecule has 1 N–H and O–H groups in total. The predicted octanol–water partition coefficient (Wildman–Crippen LogP) is 2.57. The number of carbonyl (C=O) groups is 1. The van der Waals surface area contributed by atoms with Gasteiger partial charge in [0.15, 0.2) is 0 Å². The molecule has 0 saturated heterocycles. The summed E-state index contributed by atoms with van der Waals surface area (Å²) >= 11 is 3.30. The molecule has 6 nitrogen and oxygen atoms in total. The maximum absolute atomic E-state index is 12.3.